The summed E-state index contributed by atoms with van der Waals surface area (Å²) in [4.78, 5) is 0. The molecule has 1 aromatic carbocycles. The second-order valence-electron chi connectivity index (χ2n) is 5.23. The van der Waals surface area contributed by atoms with E-state index in [1.807, 2.05) is 30.3 Å². The van der Waals surface area contributed by atoms with Gasteiger partial charge < -0.3 is 10.1 Å². The molecule has 0 bridgehead atoms. The smallest absolute Gasteiger partial charge is 0.174 e. The molecule has 0 saturated carbocycles. The van der Waals surface area contributed by atoms with Crippen LogP contribution in [0.3, 0.4) is 0 Å². The van der Waals surface area contributed by atoms with Crippen LogP contribution in [0.1, 0.15) is 45.2 Å². The normalized spacial score (nSPS) is 12.2. The minimum Gasteiger partial charge on any atom is -0.479 e. The van der Waals surface area contributed by atoms with Gasteiger partial charge in [-0.3, -0.25) is 0 Å². The Kier molecular flexibility index (Phi) is 6.99. The maximum atomic E-state index is 8.44. The van der Waals surface area contributed by atoms with E-state index in [0.717, 1.165) is 18.2 Å². The minimum absolute atomic E-state index is 0.0996. The summed E-state index contributed by atoms with van der Waals surface area (Å²) in [5, 5.41) is 12.0. The topological polar surface area (TPSA) is 45.0 Å². The van der Waals surface area contributed by atoms with Crippen LogP contribution < -0.4 is 10.1 Å². The summed E-state index contributed by atoms with van der Waals surface area (Å²) in [5.74, 6) is 1.52. The molecule has 0 saturated heterocycles. The van der Waals surface area contributed by atoms with Gasteiger partial charge in [0.05, 0.1) is 0 Å². The molecule has 0 aliphatic heterocycles. The molecule has 1 atom stereocenters. The van der Waals surface area contributed by atoms with E-state index < -0.39 is 0 Å². The van der Waals surface area contributed by atoms with Gasteiger partial charge in [0.1, 0.15) is 11.8 Å². The van der Waals surface area contributed by atoms with Crippen molar-refractivity contribution in [3.63, 3.8) is 0 Å². The van der Waals surface area contributed by atoms with Gasteiger partial charge in [-0.05, 0) is 49.9 Å². The van der Waals surface area contributed by atoms with Gasteiger partial charge in [-0.15, -0.1) is 0 Å². The third-order valence-electron chi connectivity index (χ3n) is 3.09. The van der Waals surface area contributed by atoms with Crippen LogP contribution in [-0.2, 0) is 0 Å². The molecule has 1 N–H and O–H groups in total. The minimum atomic E-state index is 0.0996. The average molecular weight is 260 g/mol. The highest BCUT2D eigenvalue weighted by Gasteiger charge is 2.04. The first-order valence-corrected chi connectivity index (χ1v) is 6.96. The molecule has 1 unspecified atom stereocenters. The van der Waals surface area contributed by atoms with Crippen LogP contribution in [-0.4, -0.2) is 13.2 Å². The fraction of sp³-hybridized carbons (Fsp3) is 0.562. The van der Waals surface area contributed by atoms with Crippen molar-refractivity contribution in [1.29, 1.82) is 5.26 Å². The molecule has 0 aliphatic rings. The van der Waals surface area contributed by atoms with Gasteiger partial charge in [0.2, 0.25) is 0 Å². The molecule has 0 amide bonds. The van der Waals surface area contributed by atoms with Crippen LogP contribution in [0.2, 0.25) is 0 Å². The second kappa shape index (κ2) is 8.55. The number of rotatable bonds is 8. The van der Waals surface area contributed by atoms with E-state index >= 15 is 0 Å². The number of hydrogen-bond acceptors (Lipinski definition) is 3. The van der Waals surface area contributed by atoms with E-state index in [-0.39, 0.29) is 6.61 Å². The van der Waals surface area contributed by atoms with Crippen molar-refractivity contribution in [1.82, 2.24) is 5.32 Å². The number of ether oxygens (including phenoxy) is 1. The second-order valence-corrected chi connectivity index (χ2v) is 5.23. The number of nitrogens with one attached hydrogen (secondary N) is 1. The molecule has 1 aromatic rings. The molecule has 0 fully saturated rings. The summed E-state index contributed by atoms with van der Waals surface area (Å²) in [7, 11) is 0. The first-order valence-electron chi connectivity index (χ1n) is 6.96. The summed E-state index contributed by atoms with van der Waals surface area (Å²) in [6.07, 6.45) is 2.48. The summed E-state index contributed by atoms with van der Waals surface area (Å²) < 4.78 is 5.23. The van der Waals surface area contributed by atoms with Crippen molar-refractivity contribution >= 4 is 0 Å². The Bertz CT molecular complexity index is 392. The number of benzene rings is 1. The predicted molar refractivity (Wildman–Crippen MR) is 78.0 cm³/mol. The van der Waals surface area contributed by atoms with E-state index in [0.29, 0.717) is 6.04 Å². The van der Waals surface area contributed by atoms with Gasteiger partial charge in [0.25, 0.3) is 0 Å². The van der Waals surface area contributed by atoms with Gasteiger partial charge in [-0.1, -0.05) is 26.0 Å². The number of nitrogens with zero attached hydrogens (tertiary/aromatic N) is 1. The summed E-state index contributed by atoms with van der Waals surface area (Å²) in [6.45, 7) is 7.82. The van der Waals surface area contributed by atoms with E-state index in [4.69, 9.17) is 10.00 Å². The van der Waals surface area contributed by atoms with E-state index in [2.05, 4.69) is 26.1 Å². The molecule has 0 heterocycles. The molecule has 1 rings (SSSR count). The van der Waals surface area contributed by atoms with Crippen LogP contribution in [0.4, 0.5) is 0 Å². The molecule has 3 nitrogen and oxygen atoms in total. The summed E-state index contributed by atoms with van der Waals surface area (Å²) in [6, 6.07) is 10.2. The molecular weight excluding hydrogens is 236 g/mol. The third kappa shape index (κ3) is 6.26. The number of hydrogen-bond donors (Lipinski definition) is 1. The zero-order valence-corrected chi connectivity index (χ0v) is 12.1. The van der Waals surface area contributed by atoms with Crippen molar-refractivity contribution in [3.05, 3.63) is 29.8 Å². The van der Waals surface area contributed by atoms with Gasteiger partial charge >= 0.3 is 0 Å². The Morgan fingerprint density at radius 3 is 2.47 bits per heavy atom. The molecule has 0 spiro atoms. The van der Waals surface area contributed by atoms with Crippen LogP contribution in [0.15, 0.2) is 24.3 Å². The van der Waals surface area contributed by atoms with E-state index in [9.17, 15) is 0 Å². The first kappa shape index (κ1) is 15.5. The molecular formula is C16H24N2O. The zero-order valence-electron chi connectivity index (χ0n) is 12.1. The molecule has 0 aliphatic carbocycles. The Hall–Kier alpha value is -1.53. The van der Waals surface area contributed by atoms with Crippen molar-refractivity contribution in [3.8, 4) is 11.8 Å². The Morgan fingerprint density at radius 2 is 1.89 bits per heavy atom. The molecule has 3 heteroatoms. The molecule has 104 valence electrons. The SMILES string of the molecule is CC(C)CCCNC(C)c1ccc(OCC#N)cc1. The lowest BCUT2D eigenvalue weighted by Gasteiger charge is -2.15. The van der Waals surface area contributed by atoms with Gasteiger partial charge in [-0.25, -0.2) is 0 Å². The monoisotopic (exact) mass is 260 g/mol. The van der Waals surface area contributed by atoms with Crippen molar-refractivity contribution in [2.24, 2.45) is 5.92 Å². The maximum absolute atomic E-state index is 8.44. The fourth-order valence-corrected chi connectivity index (χ4v) is 1.92. The Labute approximate surface area is 116 Å². The predicted octanol–water partition coefficient (Wildman–Crippen LogP) is 3.68. The Balaban J connectivity index is 2.36. The molecule has 19 heavy (non-hydrogen) atoms. The first-order chi connectivity index (χ1) is 9.13. The highest BCUT2D eigenvalue weighted by Crippen LogP contribution is 2.17. The van der Waals surface area contributed by atoms with Crippen molar-refractivity contribution in [2.75, 3.05) is 13.2 Å². The highest BCUT2D eigenvalue weighted by molar-refractivity contribution is 5.29. The standard InChI is InChI=1S/C16H24N2O/c1-13(2)5-4-11-18-14(3)15-6-8-16(9-7-15)19-12-10-17/h6-9,13-14,18H,4-5,11-12H2,1-3H3. The van der Waals surface area contributed by atoms with Crippen LogP contribution in [0, 0.1) is 17.2 Å². The number of nitriles is 1. The van der Waals surface area contributed by atoms with Crippen molar-refractivity contribution in [2.45, 2.75) is 39.7 Å². The van der Waals surface area contributed by atoms with Crippen LogP contribution in [0.25, 0.3) is 0 Å². The van der Waals surface area contributed by atoms with Gasteiger partial charge in [-0.2, -0.15) is 5.26 Å². The highest BCUT2D eigenvalue weighted by atomic mass is 16.5. The molecule has 0 aromatic heterocycles. The quantitative estimate of drug-likeness (QED) is 0.725. The summed E-state index contributed by atoms with van der Waals surface area (Å²) >= 11 is 0. The fourth-order valence-electron chi connectivity index (χ4n) is 1.92. The summed E-state index contributed by atoms with van der Waals surface area (Å²) in [5.41, 5.74) is 1.24. The average Bonchev–Trinajstić information content (AvgIpc) is 2.41. The lowest BCUT2D eigenvalue weighted by Crippen LogP contribution is -2.20. The van der Waals surface area contributed by atoms with Gasteiger partial charge in [0.15, 0.2) is 6.61 Å². The van der Waals surface area contributed by atoms with E-state index in [1.54, 1.807) is 0 Å². The van der Waals surface area contributed by atoms with Crippen LogP contribution >= 0.6 is 0 Å². The maximum Gasteiger partial charge on any atom is 0.174 e. The van der Waals surface area contributed by atoms with Gasteiger partial charge in [0, 0.05) is 6.04 Å². The lowest BCUT2D eigenvalue weighted by molar-refractivity contribution is 0.368. The largest absolute Gasteiger partial charge is 0.479 e. The zero-order chi connectivity index (χ0) is 14.1. The molecule has 0 radical (unpaired) electrons. The third-order valence-corrected chi connectivity index (χ3v) is 3.09. The van der Waals surface area contributed by atoms with Crippen molar-refractivity contribution < 1.29 is 4.74 Å². The Morgan fingerprint density at radius 1 is 1.21 bits per heavy atom. The van der Waals surface area contributed by atoms with E-state index in [1.165, 1.54) is 18.4 Å². The van der Waals surface area contributed by atoms with Crippen LogP contribution in [0.5, 0.6) is 5.75 Å². The lowest BCUT2D eigenvalue weighted by atomic mass is 10.1.